The second-order valence-corrected chi connectivity index (χ2v) is 4.78. The van der Waals surface area contributed by atoms with Gasteiger partial charge in [-0.1, -0.05) is 0 Å². The second-order valence-electron chi connectivity index (χ2n) is 4.78. The predicted molar refractivity (Wildman–Crippen MR) is 51.9 cm³/mol. The largest absolute Gasteiger partial charge is 0.341 e. The lowest BCUT2D eigenvalue weighted by Crippen LogP contribution is -2.29. The van der Waals surface area contributed by atoms with Crippen LogP contribution >= 0.6 is 0 Å². The van der Waals surface area contributed by atoms with E-state index in [0.717, 1.165) is 0 Å². The molecule has 2 aliphatic carbocycles. The Morgan fingerprint density at radius 1 is 1.60 bits per heavy atom. The van der Waals surface area contributed by atoms with Crippen LogP contribution in [0.2, 0.25) is 0 Å². The first-order valence-corrected chi connectivity index (χ1v) is 5.32. The summed E-state index contributed by atoms with van der Waals surface area (Å²) in [4.78, 5) is 15.3. The Hall–Kier alpha value is -1.39. The molecule has 0 radical (unpaired) electrons. The minimum absolute atomic E-state index is 0.00287. The highest BCUT2D eigenvalue weighted by molar-refractivity contribution is 5.89. The van der Waals surface area contributed by atoms with E-state index in [4.69, 9.17) is 0 Å². The number of carbonyl (C=O) groups excluding carboxylic acids is 1. The number of nitrogens with zero attached hydrogens (tertiary/aromatic N) is 2. The highest BCUT2D eigenvalue weighted by atomic mass is 16.5. The molecule has 0 atom stereocenters. The smallest absolute Gasteiger partial charge is 0.269 e. The Kier molecular flexibility index (Phi) is 1.81. The molecule has 1 N–H and O–H groups in total. The zero-order valence-corrected chi connectivity index (χ0v) is 8.40. The van der Waals surface area contributed by atoms with Crippen molar-refractivity contribution in [1.29, 1.82) is 0 Å². The average Bonchev–Trinajstić information content (AvgIpc) is 2.76. The molecular weight excluding hydrogens is 194 g/mol. The van der Waals surface area contributed by atoms with Crippen molar-refractivity contribution in [2.24, 2.45) is 11.3 Å². The minimum Gasteiger partial charge on any atom is -0.341 e. The molecule has 2 fully saturated rings. The lowest BCUT2D eigenvalue weighted by molar-refractivity contribution is -0.118. The molecule has 1 spiro atoms. The third-order valence-electron chi connectivity index (χ3n) is 3.49. The van der Waals surface area contributed by atoms with E-state index in [1.54, 1.807) is 0 Å². The van der Waals surface area contributed by atoms with Gasteiger partial charge in [0.25, 0.3) is 5.95 Å². The molecule has 0 bridgehead atoms. The van der Waals surface area contributed by atoms with Crippen LogP contribution in [-0.2, 0) is 4.79 Å². The summed E-state index contributed by atoms with van der Waals surface area (Å²) in [5.74, 6) is 0.830. The number of nitrogens with one attached hydrogen (secondary N) is 1. The number of carbonyl (C=O) groups is 1. The molecule has 0 aliphatic heterocycles. The van der Waals surface area contributed by atoms with Gasteiger partial charge in [-0.3, -0.25) is 10.1 Å². The summed E-state index contributed by atoms with van der Waals surface area (Å²) >= 11 is 0. The van der Waals surface area contributed by atoms with Crippen LogP contribution in [0.1, 0.15) is 32.1 Å². The molecule has 5 nitrogen and oxygen atoms in total. The van der Waals surface area contributed by atoms with Crippen LogP contribution in [0, 0.1) is 11.3 Å². The van der Waals surface area contributed by atoms with Crippen molar-refractivity contribution in [3.05, 3.63) is 6.39 Å². The molecule has 3 rings (SSSR count). The molecule has 0 unspecified atom stereocenters. The lowest BCUT2D eigenvalue weighted by Gasteiger charge is -2.35. The van der Waals surface area contributed by atoms with Crippen LogP contribution in [0.15, 0.2) is 10.9 Å². The summed E-state index contributed by atoms with van der Waals surface area (Å²) in [7, 11) is 0. The zero-order valence-electron chi connectivity index (χ0n) is 8.40. The van der Waals surface area contributed by atoms with Crippen molar-refractivity contribution < 1.29 is 9.32 Å². The van der Waals surface area contributed by atoms with Crippen molar-refractivity contribution >= 4 is 11.9 Å². The van der Waals surface area contributed by atoms with Gasteiger partial charge in [0.05, 0.1) is 0 Å². The minimum atomic E-state index is -0.00287. The molecule has 2 aliphatic rings. The first-order valence-electron chi connectivity index (χ1n) is 5.32. The molecule has 1 amide bonds. The summed E-state index contributed by atoms with van der Waals surface area (Å²) in [6.07, 6.45) is 7.00. The maximum absolute atomic E-state index is 11.5. The Balaban J connectivity index is 1.46. The van der Waals surface area contributed by atoms with Gasteiger partial charge in [0.1, 0.15) is 0 Å². The highest BCUT2D eigenvalue weighted by Gasteiger charge is 2.52. The number of anilines is 1. The number of hydrogen-bond acceptors (Lipinski definition) is 4. The van der Waals surface area contributed by atoms with Crippen LogP contribution in [0.3, 0.4) is 0 Å². The topological polar surface area (TPSA) is 68.0 Å². The summed E-state index contributed by atoms with van der Waals surface area (Å²) in [6.45, 7) is 0. The molecule has 1 heterocycles. The molecule has 15 heavy (non-hydrogen) atoms. The van der Waals surface area contributed by atoms with Gasteiger partial charge >= 0.3 is 0 Å². The van der Waals surface area contributed by atoms with E-state index in [1.165, 1.54) is 32.1 Å². The van der Waals surface area contributed by atoms with Gasteiger partial charge in [0.15, 0.2) is 0 Å². The molecular formula is C10H13N3O2. The van der Waals surface area contributed by atoms with Crippen molar-refractivity contribution in [3.8, 4) is 0 Å². The Morgan fingerprint density at radius 2 is 2.40 bits per heavy atom. The van der Waals surface area contributed by atoms with E-state index in [9.17, 15) is 4.79 Å². The van der Waals surface area contributed by atoms with Gasteiger partial charge in [-0.15, -0.1) is 0 Å². The van der Waals surface area contributed by atoms with Gasteiger partial charge < -0.3 is 4.52 Å². The quantitative estimate of drug-likeness (QED) is 0.817. The lowest BCUT2D eigenvalue weighted by atomic mass is 9.70. The maximum Gasteiger partial charge on any atom is 0.269 e. The Labute approximate surface area is 87.2 Å². The maximum atomic E-state index is 11.5. The van der Waals surface area contributed by atoms with E-state index in [1.807, 2.05) is 0 Å². The zero-order chi connectivity index (χ0) is 10.3. The van der Waals surface area contributed by atoms with Crippen molar-refractivity contribution in [2.75, 3.05) is 5.32 Å². The average molecular weight is 207 g/mol. The SMILES string of the molecule is O=C(CC1CC2(CC2)C1)Nc1ncon1. The van der Waals surface area contributed by atoms with Crippen molar-refractivity contribution in [3.63, 3.8) is 0 Å². The first-order chi connectivity index (χ1) is 7.26. The van der Waals surface area contributed by atoms with Crippen LogP contribution in [0.25, 0.3) is 0 Å². The summed E-state index contributed by atoms with van der Waals surface area (Å²) in [5, 5.41) is 6.14. The van der Waals surface area contributed by atoms with E-state index in [2.05, 4.69) is 20.0 Å². The Morgan fingerprint density at radius 3 is 3.00 bits per heavy atom. The van der Waals surface area contributed by atoms with Crippen LogP contribution in [0.5, 0.6) is 0 Å². The van der Waals surface area contributed by atoms with E-state index in [-0.39, 0.29) is 11.9 Å². The number of aromatic nitrogens is 2. The van der Waals surface area contributed by atoms with Gasteiger partial charge in [0, 0.05) is 6.42 Å². The summed E-state index contributed by atoms with van der Waals surface area (Å²) < 4.78 is 4.53. The van der Waals surface area contributed by atoms with E-state index >= 15 is 0 Å². The molecule has 0 saturated heterocycles. The normalized spacial score (nSPS) is 22.4. The predicted octanol–water partition coefficient (Wildman–Crippen LogP) is 1.59. The van der Waals surface area contributed by atoms with Gasteiger partial charge in [-0.05, 0) is 42.2 Å². The van der Waals surface area contributed by atoms with Crippen molar-refractivity contribution in [2.45, 2.75) is 32.1 Å². The highest BCUT2D eigenvalue weighted by Crippen LogP contribution is 2.63. The van der Waals surface area contributed by atoms with Crippen LogP contribution < -0.4 is 5.32 Å². The fraction of sp³-hybridized carbons (Fsp3) is 0.700. The number of hydrogen-bond donors (Lipinski definition) is 1. The molecule has 2 saturated carbocycles. The number of rotatable bonds is 3. The van der Waals surface area contributed by atoms with Gasteiger partial charge in [-0.25, -0.2) is 0 Å². The Bertz CT molecular complexity index is 362. The second kappa shape index (κ2) is 3.05. The van der Waals surface area contributed by atoms with Gasteiger partial charge in [0.2, 0.25) is 12.3 Å². The summed E-state index contributed by atoms with van der Waals surface area (Å²) in [5.41, 5.74) is 0.664. The fourth-order valence-electron chi connectivity index (χ4n) is 2.56. The molecule has 80 valence electrons. The third-order valence-corrected chi connectivity index (χ3v) is 3.49. The van der Waals surface area contributed by atoms with Crippen LogP contribution in [-0.4, -0.2) is 16.0 Å². The van der Waals surface area contributed by atoms with E-state index in [0.29, 0.717) is 17.8 Å². The molecule has 0 aromatic carbocycles. The number of amides is 1. The third kappa shape index (κ3) is 1.73. The van der Waals surface area contributed by atoms with E-state index < -0.39 is 0 Å². The van der Waals surface area contributed by atoms with Crippen molar-refractivity contribution in [1.82, 2.24) is 10.1 Å². The van der Waals surface area contributed by atoms with Gasteiger partial charge in [-0.2, -0.15) is 4.98 Å². The molecule has 1 aromatic heterocycles. The molecule has 1 aromatic rings. The fourth-order valence-corrected chi connectivity index (χ4v) is 2.56. The monoisotopic (exact) mass is 207 g/mol. The first kappa shape index (κ1) is 8.88. The van der Waals surface area contributed by atoms with Crippen LogP contribution in [0.4, 0.5) is 5.95 Å². The standard InChI is InChI=1S/C10H13N3O2/c14-8(12-9-11-6-15-13-9)3-7-4-10(5-7)1-2-10/h6-7H,1-5H2,(H,12,13,14). The summed E-state index contributed by atoms with van der Waals surface area (Å²) in [6, 6.07) is 0. The molecule has 5 heteroatoms.